The van der Waals surface area contributed by atoms with Gasteiger partial charge in [-0.25, -0.2) is 4.39 Å². The van der Waals surface area contributed by atoms with Gasteiger partial charge in [0.25, 0.3) is 0 Å². The zero-order chi connectivity index (χ0) is 15.0. The molecule has 2 N–H and O–H groups in total. The molecule has 1 fully saturated rings. The third kappa shape index (κ3) is 3.08. The van der Waals surface area contributed by atoms with Crippen molar-refractivity contribution in [2.75, 3.05) is 13.6 Å². The number of hydrogen-bond acceptors (Lipinski definition) is 2. The maximum Gasteiger partial charge on any atom is 0.226 e. The van der Waals surface area contributed by atoms with Gasteiger partial charge in [0.1, 0.15) is 5.82 Å². The number of benzene rings is 1. The molecule has 4 nitrogen and oxygen atoms in total. The summed E-state index contributed by atoms with van der Waals surface area (Å²) in [6.07, 6.45) is 3.61. The Balaban J connectivity index is 1.69. The second-order valence-electron chi connectivity index (χ2n) is 5.86. The Bertz CT molecular complexity index is 663. The highest BCUT2D eigenvalue weighted by Crippen LogP contribution is 2.32. The van der Waals surface area contributed by atoms with Crippen LogP contribution in [0.4, 0.5) is 4.39 Å². The van der Waals surface area contributed by atoms with Crippen LogP contribution in [0.2, 0.25) is 0 Å². The summed E-state index contributed by atoms with van der Waals surface area (Å²) < 4.78 is 13.3. The number of fused-ring (bicyclic) bond motifs is 1. The lowest BCUT2D eigenvalue weighted by atomic mass is 10.1. The maximum absolute atomic E-state index is 13.3. The molecular weight excluding hydrogens is 271 g/mol. The smallest absolute Gasteiger partial charge is 0.226 e. The van der Waals surface area contributed by atoms with Gasteiger partial charge in [-0.1, -0.05) is 0 Å². The van der Waals surface area contributed by atoms with Gasteiger partial charge in [-0.3, -0.25) is 4.79 Å². The topological polar surface area (TPSA) is 56.3 Å². The van der Waals surface area contributed by atoms with E-state index in [9.17, 15) is 14.3 Å². The molecule has 1 atom stereocenters. The number of nitrogens with one attached hydrogen (secondary N) is 1. The molecule has 1 amide bonds. The molecule has 2 aromatic rings. The largest absolute Gasteiger partial charge is 0.391 e. The average molecular weight is 290 g/mol. The second kappa shape index (κ2) is 5.48. The van der Waals surface area contributed by atoms with Crippen LogP contribution in [0.25, 0.3) is 10.9 Å². The Morgan fingerprint density at radius 3 is 3.00 bits per heavy atom. The Morgan fingerprint density at radius 2 is 2.29 bits per heavy atom. The maximum atomic E-state index is 13.3. The molecule has 1 unspecified atom stereocenters. The van der Waals surface area contributed by atoms with E-state index in [0.29, 0.717) is 12.5 Å². The highest BCUT2D eigenvalue weighted by Gasteiger charge is 2.31. The highest BCUT2D eigenvalue weighted by molar-refractivity contribution is 5.88. The third-order valence-corrected chi connectivity index (χ3v) is 4.12. The van der Waals surface area contributed by atoms with Gasteiger partial charge in [0.15, 0.2) is 0 Å². The predicted molar refractivity (Wildman–Crippen MR) is 78.3 cm³/mol. The normalized spacial score (nSPS) is 16.1. The molecule has 21 heavy (non-hydrogen) atoms. The van der Waals surface area contributed by atoms with Crippen LogP contribution in [-0.4, -0.2) is 40.6 Å². The van der Waals surface area contributed by atoms with Crippen molar-refractivity contribution in [3.05, 3.63) is 35.8 Å². The number of carbonyl (C=O) groups is 1. The molecule has 1 aliphatic rings. The monoisotopic (exact) mass is 290 g/mol. The van der Waals surface area contributed by atoms with Gasteiger partial charge >= 0.3 is 0 Å². The first-order chi connectivity index (χ1) is 10.0. The summed E-state index contributed by atoms with van der Waals surface area (Å²) in [6.45, 7) is 0.361. The van der Waals surface area contributed by atoms with Crippen LogP contribution in [0, 0.1) is 11.7 Å². The van der Waals surface area contributed by atoms with Gasteiger partial charge in [0.2, 0.25) is 5.91 Å². The lowest BCUT2D eigenvalue weighted by molar-refractivity contribution is -0.130. The minimum Gasteiger partial charge on any atom is -0.391 e. The molecule has 5 heteroatoms. The number of nitrogens with zero attached hydrogens (tertiary/aromatic N) is 1. The quantitative estimate of drug-likeness (QED) is 0.886. The second-order valence-corrected chi connectivity index (χ2v) is 5.86. The van der Waals surface area contributed by atoms with E-state index in [1.165, 1.54) is 12.1 Å². The fourth-order valence-electron chi connectivity index (χ4n) is 2.61. The fraction of sp³-hybridized carbons (Fsp3) is 0.438. The van der Waals surface area contributed by atoms with E-state index < -0.39 is 6.10 Å². The Hall–Kier alpha value is -1.88. The predicted octanol–water partition coefficient (Wildman–Crippen LogP) is 2.08. The van der Waals surface area contributed by atoms with Crippen molar-refractivity contribution in [1.82, 2.24) is 9.88 Å². The van der Waals surface area contributed by atoms with E-state index in [2.05, 4.69) is 4.98 Å². The lowest BCUT2D eigenvalue weighted by Gasteiger charge is -2.20. The van der Waals surface area contributed by atoms with Crippen molar-refractivity contribution in [1.29, 1.82) is 0 Å². The van der Waals surface area contributed by atoms with Crippen LogP contribution < -0.4 is 0 Å². The van der Waals surface area contributed by atoms with E-state index >= 15 is 0 Å². The van der Waals surface area contributed by atoms with Crippen LogP contribution >= 0.6 is 0 Å². The van der Waals surface area contributed by atoms with Crippen molar-refractivity contribution in [3.8, 4) is 0 Å². The molecule has 1 saturated carbocycles. The van der Waals surface area contributed by atoms with Crippen LogP contribution in [0.3, 0.4) is 0 Å². The summed E-state index contributed by atoms with van der Waals surface area (Å²) in [5.74, 6) is -0.0318. The number of amides is 1. The van der Waals surface area contributed by atoms with Crippen molar-refractivity contribution >= 4 is 16.8 Å². The number of halogens is 1. The number of rotatable bonds is 5. The van der Waals surface area contributed by atoms with Crippen molar-refractivity contribution in [2.45, 2.75) is 25.4 Å². The molecule has 1 aromatic heterocycles. The third-order valence-electron chi connectivity index (χ3n) is 4.12. The molecule has 3 rings (SSSR count). The van der Waals surface area contributed by atoms with Gasteiger partial charge < -0.3 is 15.0 Å². The van der Waals surface area contributed by atoms with Crippen LogP contribution in [0.1, 0.15) is 18.4 Å². The first kappa shape index (κ1) is 14.1. The van der Waals surface area contributed by atoms with Gasteiger partial charge in [-0.15, -0.1) is 0 Å². The Labute approximate surface area is 122 Å². The number of aliphatic hydroxyl groups excluding tert-OH is 1. The number of aromatic amines is 1. The minimum absolute atomic E-state index is 0.0696. The Kier molecular flexibility index (Phi) is 3.68. The van der Waals surface area contributed by atoms with Crippen LogP contribution in [0.15, 0.2) is 24.4 Å². The standard InChI is InChI=1S/C16H19FN2O2/c1-19(9-15(20)10-2-3-10)16(21)6-11-8-18-14-5-4-12(17)7-13(11)14/h4-5,7-8,10,15,18,20H,2-3,6,9H2,1H3. The number of hydrogen-bond donors (Lipinski definition) is 2. The molecule has 0 bridgehead atoms. The molecule has 1 aromatic carbocycles. The zero-order valence-corrected chi connectivity index (χ0v) is 12.0. The van der Waals surface area contributed by atoms with Gasteiger partial charge in [-0.2, -0.15) is 0 Å². The summed E-state index contributed by atoms with van der Waals surface area (Å²) in [5.41, 5.74) is 1.60. The van der Waals surface area contributed by atoms with Crippen molar-refractivity contribution in [3.63, 3.8) is 0 Å². The van der Waals surface area contributed by atoms with E-state index in [-0.39, 0.29) is 18.1 Å². The van der Waals surface area contributed by atoms with Crippen molar-refractivity contribution in [2.24, 2.45) is 5.92 Å². The highest BCUT2D eigenvalue weighted by atomic mass is 19.1. The molecule has 0 saturated heterocycles. The number of H-pyrrole nitrogens is 1. The summed E-state index contributed by atoms with van der Waals surface area (Å²) in [5, 5.41) is 10.6. The fourth-order valence-corrected chi connectivity index (χ4v) is 2.61. The zero-order valence-electron chi connectivity index (χ0n) is 12.0. The minimum atomic E-state index is -0.431. The van der Waals surface area contributed by atoms with E-state index in [1.807, 2.05) is 0 Å². The number of carbonyl (C=O) groups excluding carboxylic acids is 1. The van der Waals surface area contributed by atoms with E-state index in [4.69, 9.17) is 0 Å². The number of likely N-dealkylation sites (N-methyl/N-ethyl adjacent to an activating group) is 1. The van der Waals surface area contributed by atoms with Crippen molar-refractivity contribution < 1.29 is 14.3 Å². The Morgan fingerprint density at radius 1 is 1.52 bits per heavy atom. The molecule has 0 aliphatic heterocycles. The first-order valence-electron chi connectivity index (χ1n) is 7.22. The summed E-state index contributed by atoms with van der Waals surface area (Å²) in [7, 11) is 1.70. The molecule has 1 heterocycles. The van der Waals surface area contributed by atoms with E-state index in [0.717, 1.165) is 29.3 Å². The van der Waals surface area contributed by atoms with Crippen LogP contribution in [0.5, 0.6) is 0 Å². The summed E-state index contributed by atoms with van der Waals surface area (Å²) in [6, 6.07) is 4.50. The lowest BCUT2D eigenvalue weighted by Crippen LogP contribution is -2.36. The van der Waals surface area contributed by atoms with Crippen LogP contribution in [-0.2, 0) is 11.2 Å². The van der Waals surface area contributed by atoms with Gasteiger partial charge in [-0.05, 0) is 42.5 Å². The van der Waals surface area contributed by atoms with E-state index in [1.54, 1.807) is 24.2 Å². The number of aliphatic hydroxyl groups is 1. The molecule has 112 valence electrons. The molecule has 0 radical (unpaired) electrons. The first-order valence-corrected chi connectivity index (χ1v) is 7.22. The molecular formula is C16H19FN2O2. The molecule has 1 aliphatic carbocycles. The summed E-state index contributed by atoms with van der Waals surface area (Å²) >= 11 is 0. The van der Waals surface area contributed by atoms with Gasteiger partial charge in [0, 0.05) is 30.7 Å². The average Bonchev–Trinajstić information content (AvgIpc) is 3.23. The number of aromatic nitrogens is 1. The summed E-state index contributed by atoms with van der Waals surface area (Å²) in [4.78, 5) is 16.8. The van der Waals surface area contributed by atoms with Gasteiger partial charge in [0.05, 0.1) is 12.5 Å². The molecule has 0 spiro atoms. The SMILES string of the molecule is CN(CC(O)C1CC1)C(=O)Cc1c[nH]c2ccc(F)cc12.